The fourth-order valence-corrected chi connectivity index (χ4v) is 6.36. The first-order valence-electron chi connectivity index (χ1n) is 17.0. The molecule has 3 aromatic carbocycles. The Balaban J connectivity index is 1.46. The molecular formula is C45H47N3. The lowest BCUT2D eigenvalue weighted by atomic mass is 9.79. The lowest BCUT2D eigenvalue weighted by Gasteiger charge is -2.26. The van der Waals surface area contributed by atoms with Gasteiger partial charge in [-0.15, -0.1) is 0 Å². The van der Waals surface area contributed by atoms with Gasteiger partial charge in [-0.2, -0.15) is 0 Å². The van der Waals surface area contributed by atoms with E-state index in [0.29, 0.717) is 0 Å². The minimum Gasteiger partial charge on any atom is -0.264 e. The molecular weight excluding hydrogens is 583 g/mol. The Hall–Kier alpha value is -4.89. The van der Waals surface area contributed by atoms with Crippen molar-refractivity contribution in [3.63, 3.8) is 0 Å². The van der Waals surface area contributed by atoms with Crippen LogP contribution in [0.1, 0.15) is 77.8 Å². The van der Waals surface area contributed by atoms with E-state index in [1.165, 1.54) is 22.3 Å². The topological polar surface area (TPSA) is 38.7 Å². The summed E-state index contributed by atoms with van der Waals surface area (Å²) in [7, 11) is 0. The van der Waals surface area contributed by atoms with Gasteiger partial charge in [0.25, 0.3) is 0 Å². The zero-order chi connectivity index (χ0) is 34.1. The molecule has 48 heavy (non-hydrogen) atoms. The third-order valence-corrected chi connectivity index (χ3v) is 9.36. The van der Waals surface area contributed by atoms with Crippen molar-refractivity contribution in [2.45, 2.75) is 78.1 Å². The lowest BCUT2D eigenvalue weighted by molar-refractivity contribution is 0.516. The van der Waals surface area contributed by atoms with Gasteiger partial charge in [0.05, 0.1) is 11.4 Å². The molecule has 0 N–H and O–H groups in total. The first-order valence-corrected chi connectivity index (χ1v) is 17.0. The quantitative estimate of drug-likeness (QED) is 0.176. The minimum absolute atomic E-state index is 0.0425. The van der Waals surface area contributed by atoms with Crippen LogP contribution < -0.4 is 0 Å². The number of rotatable bonds is 7. The summed E-state index contributed by atoms with van der Waals surface area (Å²) in [6, 6.07) is 39.3. The summed E-state index contributed by atoms with van der Waals surface area (Å²) in [6.45, 7) is 18.2. The fourth-order valence-electron chi connectivity index (χ4n) is 6.36. The summed E-state index contributed by atoms with van der Waals surface area (Å²) in [6.07, 6.45) is 6.51. The Morgan fingerprint density at radius 1 is 0.500 bits per heavy atom. The third-order valence-electron chi connectivity index (χ3n) is 9.36. The second kappa shape index (κ2) is 13.0. The number of pyridine rings is 3. The van der Waals surface area contributed by atoms with E-state index in [0.717, 1.165) is 51.3 Å². The van der Waals surface area contributed by atoms with E-state index in [1.807, 2.05) is 30.7 Å². The van der Waals surface area contributed by atoms with Gasteiger partial charge in [-0.1, -0.05) is 134 Å². The highest BCUT2D eigenvalue weighted by Crippen LogP contribution is 2.39. The first-order chi connectivity index (χ1) is 22.8. The zero-order valence-corrected chi connectivity index (χ0v) is 29.7. The summed E-state index contributed by atoms with van der Waals surface area (Å²) in [5.74, 6) is 0. The molecule has 0 amide bonds. The predicted octanol–water partition coefficient (Wildman–Crippen LogP) is 11.7. The van der Waals surface area contributed by atoms with Crippen molar-refractivity contribution in [2.75, 3.05) is 0 Å². The van der Waals surface area contributed by atoms with Crippen LogP contribution in [0.2, 0.25) is 0 Å². The molecule has 242 valence electrons. The van der Waals surface area contributed by atoms with Crippen LogP contribution in [-0.4, -0.2) is 15.0 Å². The maximum absolute atomic E-state index is 5.49. The van der Waals surface area contributed by atoms with Crippen LogP contribution >= 0.6 is 0 Å². The Bertz CT molecular complexity index is 2020. The van der Waals surface area contributed by atoms with E-state index >= 15 is 0 Å². The average Bonchev–Trinajstić information content (AvgIpc) is 3.08. The molecule has 3 aromatic heterocycles. The third kappa shape index (κ3) is 7.16. The molecule has 0 aliphatic carbocycles. The van der Waals surface area contributed by atoms with Crippen molar-refractivity contribution in [2.24, 2.45) is 0 Å². The Morgan fingerprint density at radius 3 is 1.88 bits per heavy atom. The summed E-state index contributed by atoms with van der Waals surface area (Å²) in [4.78, 5) is 14.7. The summed E-state index contributed by atoms with van der Waals surface area (Å²) < 4.78 is 0. The van der Waals surface area contributed by atoms with Crippen molar-refractivity contribution >= 4 is 0 Å². The molecule has 0 fully saturated rings. The summed E-state index contributed by atoms with van der Waals surface area (Å²) >= 11 is 0. The number of benzene rings is 3. The molecule has 0 saturated carbocycles. The van der Waals surface area contributed by atoms with E-state index in [4.69, 9.17) is 4.98 Å². The average molecular weight is 630 g/mol. The molecule has 0 atom stereocenters. The summed E-state index contributed by atoms with van der Waals surface area (Å²) in [5.41, 5.74) is 13.6. The van der Waals surface area contributed by atoms with Crippen LogP contribution in [0, 0.1) is 0 Å². The van der Waals surface area contributed by atoms with Crippen LogP contribution in [0.15, 0.2) is 128 Å². The minimum atomic E-state index is -0.163. The Labute approximate surface area is 287 Å². The van der Waals surface area contributed by atoms with Gasteiger partial charge in [0, 0.05) is 41.0 Å². The number of hydrogen-bond donors (Lipinski definition) is 0. The fraction of sp³-hybridized carbons (Fsp3) is 0.267. The van der Waals surface area contributed by atoms with Gasteiger partial charge in [-0.25, -0.2) is 0 Å². The van der Waals surface area contributed by atoms with Crippen LogP contribution in [-0.2, 0) is 22.7 Å². The number of aromatic nitrogens is 3. The van der Waals surface area contributed by atoms with E-state index in [-0.39, 0.29) is 16.2 Å². The van der Waals surface area contributed by atoms with Crippen molar-refractivity contribution in [3.05, 3.63) is 150 Å². The first kappa shape index (κ1) is 33.0. The SMILES string of the molecule is CC(C)(C)c1ccc(-c2ccc(CC(C)(C)c3cccc(-c4ccccn4)c3)nc2-c2cnccc2-c2cccc(C(C)(C)C)c2)cc1. The molecule has 0 bridgehead atoms. The molecule has 3 nitrogen and oxygen atoms in total. The standard InChI is InChI=1S/C45H47N3/c1-43(2,3)34-20-18-31(19-21-34)39-23-22-37(29-45(7,8)36-16-12-14-33(28-36)41-17-9-10-25-47-41)48-42(39)40-30-46-26-24-38(40)32-13-11-15-35(27-32)44(4,5)6/h9-28,30H,29H2,1-8H3. The second-order valence-electron chi connectivity index (χ2n) is 15.6. The van der Waals surface area contributed by atoms with Gasteiger partial charge >= 0.3 is 0 Å². The van der Waals surface area contributed by atoms with Gasteiger partial charge in [-0.3, -0.25) is 15.0 Å². The normalized spacial score (nSPS) is 12.2. The molecule has 3 heterocycles. The van der Waals surface area contributed by atoms with Crippen molar-refractivity contribution in [3.8, 4) is 44.8 Å². The van der Waals surface area contributed by atoms with E-state index in [9.17, 15) is 0 Å². The highest BCUT2D eigenvalue weighted by Gasteiger charge is 2.25. The second-order valence-corrected chi connectivity index (χ2v) is 15.6. The number of hydrogen-bond acceptors (Lipinski definition) is 3. The van der Waals surface area contributed by atoms with Gasteiger partial charge in [0.1, 0.15) is 0 Å². The molecule has 0 aliphatic rings. The maximum Gasteiger partial charge on any atom is 0.0805 e. The van der Waals surface area contributed by atoms with Gasteiger partial charge < -0.3 is 0 Å². The van der Waals surface area contributed by atoms with E-state index in [1.54, 1.807) is 0 Å². The molecule has 6 rings (SSSR count). The largest absolute Gasteiger partial charge is 0.264 e. The molecule has 0 saturated heterocycles. The number of nitrogens with zero attached hydrogens (tertiary/aromatic N) is 3. The molecule has 0 unspecified atom stereocenters. The highest BCUT2D eigenvalue weighted by molar-refractivity contribution is 5.89. The van der Waals surface area contributed by atoms with Crippen molar-refractivity contribution in [1.82, 2.24) is 15.0 Å². The van der Waals surface area contributed by atoms with Gasteiger partial charge in [0.15, 0.2) is 0 Å². The van der Waals surface area contributed by atoms with E-state index < -0.39 is 0 Å². The molecule has 0 radical (unpaired) electrons. The predicted molar refractivity (Wildman–Crippen MR) is 202 cm³/mol. The van der Waals surface area contributed by atoms with Crippen LogP contribution in [0.5, 0.6) is 0 Å². The smallest absolute Gasteiger partial charge is 0.0805 e. The molecule has 6 aromatic rings. The van der Waals surface area contributed by atoms with Crippen molar-refractivity contribution in [1.29, 1.82) is 0 Å². The van der Waals surface area contributed by atoms with Crippen molar-refractivity contribution < 1.29 is 0 Å². The van der Waals surface area contributed by atoms with Crippen LogP contribution in [0.4, 0.5) is 0 Å². The Kier molecular flexibility index (Phi) is 8.92. The van der Waals surface area contributed by atoms with Crippen LogP contribution in [0.3, 0.4) is 0 Å². The molecule has 0 spiro atoms. The zero-order valence-electron chi connectivity index (χ0n) is 29.7. The lowest BCUT2D eigenvalue weighted by Crippen LogP contribution is -2.21. The van der Waals surface area contributed by atoms with Gasteiger partial charge in [0.2, 0.25) is 0 Å². The highest BCUT2D eigenvalue weighted by atomic mass is 14.7. The van der Waals surface area contributed by atoms with Crippen LogP contribution in [0.25, 0.3) is 44.8 Å². The van der Waals surface area contributed by atoms with Gasteiger partial charge in [-0.05, 0) is 86.4 Å². The molecule has 3 heteroatoms. The summed E-state index contributed by atoms with van der Waals surface area (Å²) in [5, 5.41) is 0. The maximum atomic E-state index is 5.49. The monoisotopic (exact) mass is 629 g/mol. The van der Waals surface area contributed by atoms with E-state index in [2.05, 4.69) is 162 Å². The molecule has 0 aliphatic heterocycles. The Morgan fingerprint density at radius 2 is 1.19 bits per heavy atom.